The van der Waals surface area contributed by atoms with E-state index in [0.717, 1.165) is 47.0 Å². The Bertz CT molecular complexity index is 1400. The number of benzene rings is 1. The summed E-state index contributed by atoms with van der Waals surface area (Å²) in [6.45, 7) is 8.94. The number of allylic oxidation sites excluding steroid dienone is 6. The summed E-state index contributed by atoms with van der Waals surface area (Å²) < 4.78 is 13.6. The zero-order chi connectivity index (χ0) is 24.2. The van der Waals surface area contributed by atoms with Gasteiger partial charge in [-0.15, -0.1) is 0 Å². The number of ether oxygens (including phenoxy) is 1. The molecular weight excluding hydrogens is 438 g/mol. The lowest BCUT2D eigenvalue weighted by atomic mass is 10.1. The highest BCUT2D eigenvalue weighted by atomic mass is 16.5. The number of hydrogen-bond acceptors (Lipinski definition) is 6. The van der Waals surface area contributed by atoms with Crippen molar-refractivity contribution in [3.63, 3.8) is 0 Å². The number of furan rings is 1. The normalized spacial score (nSPS) is 14.7. The molecular formula is C28H29N5O2. The van der Waals surface area contributed by atoms with Crippen LogP contribution in [-0.2, 0) is 4.74 Å². The van der Waals surface area contributed by atoms with Gasteiger partial charge in [-0.1, -0.05) is 60.2 Å². The van der Waals surface area contributed by atoms with Gasteiger partial charge < -0.3 is 14.1 Å². The molecule has 4 heterocycles. The molecule has 3 aromatic heterocycles. The third kappa shape index (κ3) is 4.95. The maximum Gasteiger partial charge on any atom is 0.253 e. The van der Waals surface area contributed by atoms with Crippen LogP contribution in [0.2, 0.25) is 0 Å². The molecule has 178 valence electrons. The lowest BCUT2D eigenvalue weighted by Crippen LogP contribution is -2.37. The number of hydrogen-bond donors (Lipinski definition) is 0. The van der Waals surface area contributed by atoms with Crippen molar-refractivity contribution < 1.29 is 9.15 Å². The average molecular weight is 468 g/mol. The van der Waals surface area contributed by atoms with Crippen molar-refractivity contribution >= 4 is 22.5 Å². The van der Waals surface area contributed by atoms with Gasteiger partial charge in [0.25, 0.3) is 5.95 Å². The molecule has 7 heteroatoms. The topological polar surface area (TPSA) is 69.2 Å². The SMILES string of the molecule is C/C=C(\C=C/C=C(C)C)c1cc2nc(-n3ccc(-c4ccccc4)n3)nc(N3CCOCC3)c2o1. The summed E-state index contributed by atoms with van der Waals surface area (Å²) in [7, 11) is 0. The lowest BCUT2D eigenvalue weighted by molar-refractivity contribution is 0.122. The summed E-state index contributed by atoms with van der Waals surface area (Å²) in [5.74, 6) is 2.03. The van der Waals surface area contributed by atoms with Gasteiger partial charge in [0.1, 0.15) is 11.3 Å². The number of anilines is 1. The van der Waals surface area contributed by atoms with Crippen LogP contribution in [0.15, 0.2) is 83.0 Å². The Balaban J connectivity index is 1.59. The fourth-order valence-corrected chi connectivity index (χ4v) is 4.00. The molecule has 0 N–H and O–H groups in total. The first-order valence-electron chi connectivity index (χ1n) is 11.9. The van der Waals surface area contributed by atoms with Crippen LogP contribution >= 0.6 is 0 Å². The number of fused-ring (bicyclic) bond motifs is 1. The van der Waals surface area contributed by atoms with Gasteiger partial charge in [-0.05, 0) is 26.8 Å². The molecule has 0 spiro atoms. The molecule has 1 aliphatic rings. The summed E-state index contributed by atoms with van der Waals surface area (Å²) in [5.41, 5.74) is 5.57. The monoisotopic (exact) mass is 467 g/mol. The second kappa shape index (κ2) is 10.1. The van der Waals surface area contributed by atoms with Gasteiger partial charge in [0.15, 0.2) is 11.4 Å². The molecule has 7 nitrogen and oxygen atoms in total. The van der Waals surface area contributed by atoms with Crippen molar-refractivity contribution in [3.05, 3.63) is 84.3 Å². The fraction of sp³-hybridized carbons (Fsp3) is 0.250. The first-order chi connectivity index (χ1) is 17.1. The minimum Gasteiger partial charge on any atom is -0.450 e. The number of nitrogens with zero attached hydrogens (tertiary/aromatic N) is 5. The van der Waals surface area contributed by atoms with E-state index >= 15 is 0 Å². The first kappa shape index (κ1) is 22.8. The van der Waals surface area contributed by atoms with Gasteiger partial charge in [-0.2, -0.15) is 10.1 Å². The van der Waals surface area contributed by atoms with Crippen molar-refractivity contribution in [2.75, 3.05) is 31.2 Å². The molecule has 0 aliphatic carbocycles. The summed E-state index contributed by atoms with van der Waals surface area (Å²) in [6.07, 6.45) is 10.1. The molecule has 0 bridgehead atoms. The Morgan fingerprint density at radius 2 is 1.83 bits per heavy atom. The third-order valence-corrected chi connectivity index (χ3v) is 5.82. The summed E-state index contributed by atoms with van der Waals surface area (Å²) >= 11 is 0. The van der Waals surface area contributed by atoms with Crippen molar-refractivity contribution in [2.24, 2.45) is 0 Å². The molecule has 4 aromatic rings. The highest BCUT2D eigenvalue weighted by Crippen LogP contribution is 2.32. The molecule has 1 aliphatic heterocycles. The van der Waals surface area contributed by atoms with Crippen LogP contribution in [0, 0.1) is 0 Å². The lowest BCUT2D eigenvalue weighted by Gasteiger charge is -2.27. The van der Waals surface area contributed by atoms with Crippen LogP contribution < -0.4 is 4.90 Å². The molecule has 1 saturated heterocycles. The van der Waals surface area contributed by atoms with Crippen molar-refractivity contribution in [3.8, 4) is 17.2 Å². The largest absolute Gasteiger partial charge is 0.450 e. The van der Waals surface area contributed by atoms with Gasteiger partial charge in [0.2, 0.25) is 0 Å². The second-order valence-electron chi connectivity index (χ2n) is 8.63. The highest BCUT2D eigenvalue weighted by molar-refractivity contribution is 5.89. The average Bonchev–Trinajstić information content (AvgIpc) is 3.55. The number of rotatable bonds is 6. The first-order valence-corrected chi connectivity index (χ1v) is 11.9. The molecule has 1 aromatic carbocycles. The van der Waals surface area contributed by atoms with Crippen LogP contribution in [0.5, 0.6) is 0 Å². The molecule has 0 radical (unpaired) electrons. The summed E-state index contributed by atoms with van der Waals surface area (Å²) in [5, 5.41) is 4.75. The molecule has 35 heavy (non-hydrogen) atoms. The predicted molar refractivity (Wildman–Crippen MR) is 140 cm³/mol. The Morgan fingerprint density at radius 3 is 2.57 bits per heavy atom. The van der Waals surface area contributed by atoms with E-state index in [1.165, 1.54) is 5.57 Å². The Morgan fingerprint density at radius 1 is 1.03 bits per heavy atom. The van der Waals surface area contributed by atoms with Crippen LogP contribution in [0.4, 0.5) is 5.82 Å². The number of morpholine rings is 1. The minimum atomic E-state index is 0.510. The van der Waals surface area contributed by atoms with E-state index in [2.05, 4.69) is 24.8 Å². The zero-order valence-electron chi connectivity index (χ0n) is 20.3. The van der Waals surface area contributed by atoms with Crippen LogP contribution in [0.1, 0.15) is 26.5 Å². The van der Waals surface area contributed by atoms with Crippen LogP contribution in [0.25, 0.3) is 33.9 Å². The van der Waals surface area contributed by atoms with Gasteiger partial charge in [-0.25, -0.2) is 9.67 Å². The van der Waals surface area contributed by atoms with E-state index in [9.17, 15) is 0 Å². The van der Waals surface area contributed by atoms with Gasteiger partial charge in [0.05, 0.1) is 18.9 Å². The maximum atomic E-state index is 6.35. The van der Waals surface area contributed by atoms with Crippen molar-refractivity contribution in [1.29, 1.82) is 0 Å². The Labute approximate surface area is 205 Å². The smallest absolute Gasteiger partial charge is 0.253 e. The van der Waals surface area contributed by atoms with E-state index in [1.54, 1.807) is 4.68 Å². The quantitative estimate of drug-likeness (QED) is 0.332. The molecule has 0 unspecified atom stereocenters. The highest BCUT2D eigenvalue weighted by Gasteiger charge is 2.22. The predicted octanol–water partition coefficient (Wildman–Crippen LogP) is 5.84. The summed E-state index contributed by atoms with van der Waals surface area (Å²) in [4.78, 5) is 11.9. The van der Waals surface area contributed by atoms with E-state index in [4.69, 9.17) is 24.2 Å². The fourth-order valence-electron chi connectivity index (χ4n) is 4.00. The minimum absolute atomic E-state index is 0.510. The molecule has 5 rings (SSSR count). The Kier molecular flexibility index (Phi) is 6.59. The number of aromatic nitrogens is 4. The standard InChI is InChI=1S/C28H29N5O2/c1-4-21(12-8-9-20(2)3)25-19-24-26(35-25)27(32-15-17-34-18-16-32)30-28(29-24)33-14-13-23(31-33)22-10-6-5-7-11-22/h4-14,19H,15-18H2,1-3H3/b12-8-,21-4+. The van der Waals surface area contributed by atoms with Gasteiger partial charge in [-0.3, -0.25) is 0 Å². The molecule has 0 atom stereocenters. The third-order valence-electron chi connectivity index (χ3n) is 5.82. The van der Waals surface area contributed by atoms with E-state index < -0.39 is 0 Å². The molecule has 1 fully saturated rings. The Hall–Kier alpha value is -3.97. The van der Waals surface area contributed by atoms with Crippen LogP contribution in [0.3, 0.4) is 0 Å². The summed E-state index contributed by atoms with van der Waals surface area (Å²) in [6, 6.07) is 14.0. The van der Waals surface area contributed by atoms with E-state index in [-0.39, 0.29) is 0 Å². The van der Waals surface area contributed by atoms with Crippen LogP contribution in [-0.4, -0.2) is 46.1 Å². The van der Waals surface area contributed by atoms with Crippen molar-refractivity contribution in [2.45, 2.75) is 20.8 Å². The van der Waals surface area contributed by atoms with Gasteiger partial charge >= 0.3 is 0 Å². The maximum absolute atomic E-state index is 6.35. The van der Waals surface area contributed by atoms with E-state index in [1.807, 2.05) is 73.8 Å². The van der Waals surface area contributed by atoms with E-state index in [0.29, 0.717) is 24.7 Å². The second-order valence-corrected chi connectivity index (χ2v) is 8.63. The zero-order valence-corrected chi connectivity index (χ0v) is 20.3. The molecule has 0 amide bonds. The molecule has 0 saturated carbocycles. The van der Waals surface area contributed by atoms with Gasteiger partial charge in [0, 0.05) is 36.5 Å². The van der Waals surface area contributed by atoms with Crippen molar-refractivity contribution in [1.82, 2.24) is 19.7 Å².